The van der Waals surface area contributed by atoms with Crippen LogP contribution in [0.5, 0.6) is 11.5 Å². The van der Waals surface area contributed by atoms with Crippen molar-refractivity contribution in [2.24, 2.45) is 5.92 Å². The molecule has 0 aromatic heterocycles. The number of likely N-dealkylation sites (tertiary alicyclic amines) is 1. The van der Waals surface area contributed by atoms with Crippen LogP contribution in [-0.4, -0.2) is 61.9 Å². The Bertz CT molecular complexity index is 1340. The summed E-state index contributed by atoms with van der Waals surface area (Å²) in [6.45, 7) is 7.11. The predicted octanol–water partition coefficient (Wildman–Crippen LogP) is 3.67. The summed E-state index contributed by atoms with van der Waals surface area (Å²) < 4.78 is 41.2. The van der Waals surface area contributed by atoms with Crippen molar-refractivity contribution in [3.8, 4) is 11.5 Å². The first-order valence-electron chi connectivity index (χ1n) is 13.1. The minimum absolute atomic E-state index is 0.0332. The molecule has 6 rings (SSSR count). The lowest BCUT2D eigenvalue weighted by Crippen LogP contribution is -2.68. The van der Waals surface area contributed by atoms with E-state index in [0.29, 0.717) is 11.7 Å². The number of piperidine rings is 1. The third-order valence-corrected chi connectivity index (χ3v) is 11.0. The molecular formula is C29H34N2O5S. The SMILES string of the molecule is C=CCN1CC[C@@]23c4c5ccc(OC(C)=O)c4C[C@@H]1[C@@H]2CC[C@H](N(C)S(=O)(=O)Cc1ccccc1)[C@@H]3O5. The van der Waals surface area contributed by atoms with Gasteiger partial charge in [0.1, 0.15) is 17.6 Å². The summed E-state index contributed by atoms with van der Waals surface area (Å²) in [6, 6.07) is 13.1. The zero-order valence-electron chi connectivity index (χ0n) is 21.4. The average molecular weight is 523 g/mol. The lowest BCUT2D eigenvalue weighted by atomic mass is 9.51. The number of carbonyl (C=O) groups is 1. The van der Waals surface area contributed by atoms with Crippen LogP contribution in [0.2, 0.25) is 0 Å². The number of esters is 1. The average Bonchev–Trinajstić information content (AvgIpc) is 3.20. The van der Waals surface area contributed by atoms with Gasteiger partial charge in [-0.25, -0.2) is 8.42 Å². The zero-order chi connectivity index (χ0) is 25.9. The molecule has 5 atom stereocenters. The van der Waals surface area contributed by atoms with Crippen LogP contribution >= 0.6 is 0 Å². The third kappa shape index (κ3) is 3.75. The molecule has 2 aliphatic heterocycles. The molecular weight excluding hydrogens is 488 g/mol. The maximum absolute atomic E-state index is 13.6. The molecule has 0 amide bonds. The molecule has 1 saturated carbocycles. The standard InChI is InChI=1S/C29H34N2O5S/c1-4-15-31-16-14-29-22-10-11-23(30(3)37(33,34)18-20-8-6-5-7-9-20)28(29)36-26-13-12-25(35-19(2)32)21(27(26)29)17-24(22)31/h4-9,12-13,22-24,28H,1,10-11,14-18H2,2-3H3/t22-,23-,24+,28-,29-/m0/s1. The molecule has 0 unspecified atom stereocenters. The van der Waals surface area contributed by atoms with E-state index in [1.807, 2.05) is 48.5 Å². The monoisotopic (exact) mass is 522 g/mol. The maximum atomic E-state index is 13.6. The van der Waals surface area contributed by atoms with Gasteiger partial charge in [-0.2, -0.15) is 4.31 Å². The quantitative estimate of drug-likeness (QED) is 0.314. The van der Waals surface area contributed by atoms with Gasteiger partial charge in [-0.15, -0.1) is 6.58 Å². The molecule has 2 bridgehead atoms. The summed E-state index contributed by atoms with van der Waals surface area (Å²) in [6.07, 6.45) is 5.01. The van der Waals surface area contributed by atoms with Crippen molar-refractivity contribution in [3.63, 3.8) is 0 Å². The van der Waals surface area contributed by atoms with Crippen LogP contribution < -0.4 is 9.47 Å². The normalized spacial score (nSPS) is 29.9. The van der Waals surface area contributed by atoms with Crippen molar-refractivity contribution < 1.29 is 22.7 Å². The first-order chi connectivity index (χ1) is 17.8. The second kappa shape index (κ2) is 8.96. The fourth-order valence-electron chi connectivity index (χ4n) is 7.71. The molecule has 0 N–H and O–H groups in total. The highest BCUT2D eigenvalue weighted by atomic mass is 32.2. The molecule has 7 nitrogen and oxygen atoms in total. The number of ether oxygens (including phenoxy) is 2. The van der Waals surface area contributed by atoms with Crippen LogP contribution in [0.25, 0.3) is 0 Å². The minimum atomic E-state index is -3.56. The van der Waals surface area contributed by atoms with Gasteiger partial charge < -0.3 is 9.47 Å². The van der Waals surface area contributed by atoms with Gasteiger partial charge in [0.2, 0.25) is 10.0 Å². The van der Waals surface area contributed by atoms with Crippen molar-refractivity contribution in [3.05, 3.63) is 71.8 Å². The molecule has 0 radical (unpaired) electrons. The van der Waals surface area contributed by atoms with Crippen LogP contribution in [0.3, 0.4) is 0 Å². The van der Waals surface area contributed by atoms with Crippen molar-refractivity contribution in [2.75, 3.05) is 20.1 Å². The molecule has 196 valence electrons. The van der Waals surface area contributed by atoms with Crippen LogP contribution in [0.4, 0.5) is 0 Å². The second-order valence-electron chi connectivity index (χ2n) is 10.9. The van der Waals surface area contributed by atoms with Crippen molar-refractivity contribution in [2.45, 2.75) is 62.0 Å². The highest BCUT2D eigenvalue weighted by molar-refractivity contribution is 7.88. The van der Waals surface area contributed by atoms with E-state index in [4.69, 9.17) is 9.47 Å². The lowest BCUT2D eigenvalue weighted by Gasteiger charge is -2.60. The summed E-state index contributed by atoms with van der Waals surface area (Å²) in [5, 5.41) is 0. The highest BCUT2D eigenvalue weighted by Gasteiger charge is 2.66. The maximum Gasteiger partial charge on any atom is 0.308 e. The molecule has 2 aromatic carbocycles. The van der Waals surface area contributed by atoms with Gasteiger partial charge in [0.05, 0.1) is 11.8 Å². The summed E-state index contributed by atoms with van der Waals surface area (Å²) in [5.41, 5.74) is 2.66. The second-order valence-corrected chi connectivity index (χ2v) is 12.9. The van der Waals surface area contributed by atoms with Crippen LogP contribution in [0, 0.1) is 5.92 Å². The van der Waals surface area contributed by atoms with Crippen molar-refractivity contribution >= 4 is 16.0 Å². The van der Waals surface area contributed by atoms with Gasteiger partial charge in [-0.1, -0.05) is 36.4 Å². The van der Waals surface area contributed by atoms with Gasteiger partial charge in [0, 0.05) is 43.1 Å². The molecule has 1 saturated heterocycles. The number of benzene rings is 2. The fraction of sp³-hybridized carbons (Fsp3) is 0.483. The Hall–Kier alpha value is -2.68. The Labute approximate surface area is 219 Å². The first kappa shape index (κ1) is 24.6. The van der Waals surface area contributed by atoms with Gasteiger partial charge in [0.15, 0.2) is 0 Å². The van der Waals surface area contributed by atoms with Crippen molar-refractivity contribution in [1.82, 2.24) is 9.21 Å². The van der Waals surface area contributed by atoms with Crippen molar-refractivity contribution in [1.29, 1.82) is 0 Å². The molecule has 4 aliphatic rings. The molecule has 2 heterocycles. The van der Waals surface area contributed by atoms with E-state index in [1.165, 1.54) is 6.92 Å². The molecule has 2 aliphatic carbocycles. The Kier molecular flexibility index (Phi) is 5.97. The van der Waals surface area contributed by atoms with E-state index in [-0.39, 0.29) is 35.3 Å². The first-order valence-corrected chi connectivity index (χ1v) is 14.7. The lowest BCUT2D eigenvalue weighted by molar-refractivity contribution is -0.132. The van der Waals surface area contributed by atoms with Gasteiger partial charge >= 0.3 is 5.97 Å². The summed E-state index contributed by atoms with van der Waals surface area (Å²) in [5.74, 6) is 1.39. The van der Waals surface area contributed by atoms with E-state index in [2.05, 4.69) is 11.5 Å². The number of likely N-dealkylation sites (N-methyl/N-ethyl adjacent to an activating group) is 1. The number of rotatable bonds is 7. The fourth-order valence-corrected chi connectivity index (χ4v) is 9.15. The summed E-state index contributed by atoms with van der Waals surface area (Å²) in [7, 11) is -1.85. The van der Waals surface area contributed by atoms with E-state index in [1.54, 1.807) is 11.4 Å². The highest BCUT2D eigenvalue weighted by Crippen LogP contribution is 2.63. The summed E-state index contributed by atoms with van der Waals surface area (Å²) in [4.78, 5) is 14.4. The Morgan fingerprint density at radius 1 is 1.24 bits per heavy atom. The van der Waals surface area contributed by atoms with Crippen LogP contribution in [-0.2, 0) is 32.4 Å². The van der Waals surface area contributed by atoms with E-state index < -0.39 is 10.0 Å². The molecule has 8 heteroatoms. The number of carbonyl (C=O) groups excluding carboxylic acids is 1. The molecule has 2 fully saturated rings. The molecule has 2 aromatic rings. The minimum Gasteiger partial charge on any atom is -0.487 e. The number of nitrogens with zero attached hydrogens (tertiary/aromatic N) is 2. The Morgan fingerprint density at radius 2 is 2.03 bits per heavy atom. The van der Waals surface area contributed by atoms with Gasteiger partial charge in [-0.3, -0.25) is 9.69 Å². The van der Waals surface area contributed by atoms with Gasteiger partial charge in [-0.05, 0) is 55.8 Å². The van der Waals surface area contributed by atoms with Crippen LogP contribution in [0.15, 0.2) is 55.1 Å². The van der Waals surface area contributed by atoms with E-state index in [0.717, 1.165) is 61.2 Å². The Balaban J connectivity index is 1.42. The molecule has 37 heavy (non-hydrogen) atoms. The van der Waals surface area contributed by atoms with E-state index in [9.17, 15) is 13.2 Å². The number of hydrogen-bond donors (Lipinski definition) is 0. The third-order valence-electron chi connectivity index (χ3n) is 9.12. The molecule has 1 spiro atoms. The van der Waals surface area contributed by atoms with Gasteiger partial charge in [0.25, 0.3) is 0 Å². The smallest absolute Gasteiger partial charge is 0.308 e. The Morgan fingerprint density at radius 3 is 2.76 bits per heavy atom. The number of sulfonamides is 1. The number of hydrogen-bond acceptors (Lipinski definition) is 6. The topological polar surface area (TPSA) is 76.2 Å². The predicted molar refractivity (Wildman–Crippen MR) is 141 cm³/mol. The largest absolute Gasteiger partial charge is 0.487 e. The summed E-state index contributed by atoms with van der Waals surface area (Å²) >= 11 is 0. The van der Waals surface area contributed by atoms with Crippen LogP contribution in [0.1, 0.15) is 42.9 Å². The zero-order valence-corrected chi connectivity index (χ0v) is 22.2. The van der Waals surface area contributed by atoms with E-state index >= 15 is 0 Å².